The van der Waals surface area contributed by atoms with E-state index in [0.717, 1.165) is 12.1 Å². The summed E-state index contributed by atoms with van der Waals surface area (Å²) in [6.07, 6.45) is 15.4. The highest BCUT2D eigenvalue weighted by Crippen LogP contribution is 2.39. The van der Waals surface area contributed by atoms with Crippen molar-refractivity contribution in [2.45, 2.75) is 89.6 Å². The summed E-state index contributed by atoms with van der Waals surface area (Å²) in [4.78, 5) is 2.82. The number of anilines is 1. The summed E-state index contributed by atoms with van der Waals surface area (Å²) >= 11 is 0. The number of benzene rings is 1. The Morgan fingerprint density at radius 3 is 2.76 bits per heavy atom. The molecule has 0 amide bonds. The van der Waals surface area contributed by atoms with E-state index in [-0.39, 0.29) is 0 Å². The van der Waals surface area contributed by atoms with Gasteiger partial charge in [0.2, 0.25) is 0 Å². The van der Waals surface area contributed by atoms with Gasteiger partial charge in [0, 0.05) is 17.8 Å². The molecule has 0 bridgehead atoms. The number of hydrogen-bond acceptors (Lipinski definition) is 1. The highest BCUT2D eigenvalue weighted by molar-refractivity contribution is 5.57. The van der Waals surface area contributed by atoms with Crippen LogP contribution < -0.4 is 4.90 Å². The number of piperidine rings is 1. The summed E-state index contributed by atoms with van der Waals surface area (Å²) in [6, 6.07) is 10.8. The van der Waals surface area contributed by atoms with Gasteiger partial charge in [-0.05, 0) is 50.2 Å². The Morgan fingerprint density at radius 2 is 1.86 bits per heavy atom. The molecular formula is C20H31N. The lowest BCUT2D eigenvalue weighted by Gasteiger charge is -2.47. The number of aryl methyl sites for hydroxylation is 1. The third kappa shape index (κ3) is 3.44. The molecule has 0 radical (unpaired) electrons. The Bertz CT molecular complexity index is 439. The van der Waals surface area contributed by atoms with E-state index in [9.17, 15) is 0 Å². The minimum atomic E-state index is 0.812. The van der Waals surface area contributed by atoms with Crippen LogP contribution in [0.25, 0.3) is 0 Å². The third-order valence-electron chi connectivity index (χ3n) is 5.52. The second-order valence-corrected chi connectivity index (χ2v) is 7.02. The van der Waals surface area contributed by atoms with Gasteiger partial charge in [0.25, 0.3) is 0 Å². The number of para-hydroxylation sites is 1. The topological polar surface area (TPSA) is 3.24 Å². The predicted octanol–water partition coefficient (Wildman–Crippen LogP) is 5.72. The SMILES string of the molecule is CCCCCCC[C@@H]1CCC[C@@H]2CCc3ccccc3N12. The van der Waals surface area contributed by atoms with E-state index in [2.05, 4.69) is 36.1 Å². The minimum Gasteiger partial charge on any atom is -0.365 e. The molecule has 0 aliphatic carbocycles. The summed E-state index contributed by atoms with van der Waals surface area (Å²) in [5, 5.41) is 0. The van der Waals surface area contributed by atoms with Crippen molar-refractivity contribution in [2.24, 2.45) is 0 Å². The van der Waals surface area contributed by atoms with Crippen molar-refractivity contribution in [1.29, 1.82) is 0 Å². The first-order valence-corrected chi connectivity index (χ1v) is 9.26. The smallest absolute Gasteiger partial charge is 0.0403 e. The van der Waals surface area contributed by atoms with Crippen LogP contribution in [0.4, 0.5) is 5.69 Å². The Balaban J connectivity index is 1.64. The fourth-order valence-electron chi connectivity index (χ4n) is 4.41. The Hall–Kier alpha value is -0.980. The molecule has 2 aliphatic heterocycles. The van der Waals surface area contributed by atoms with E-state index in [1.54, 1.807) is 11.3 Å². The lowest BCUT2D eigenvalue weighted by Crippen LogP contribution is -2.49. The van der Waals surface area contributed by atoms with Crippen LogP contribution >= 0.6 is 0 Å². The van der Waals surface area contributed by atoms with Crippen molar-refractivity contribution in [3.8, 4) is 0 Å². The number of hydrogen-bond donors (Lipinski definition) is 0. The molecule has 1 aromatic carbocycles. The number of rotatable bonds is 6. The van der Waals surface area contributed by atoms with Crippen molar-refractivity contribution >= 4 is 5.69 Å². The summed E-state index contributed by atoms with van der Waals surface area (Å²) in [7, 11) is 0. The van der Waals surface area contributed by atoms with Crippen LogP contribution in [-0.4, -0.2) is 12.1 Å². The zero-order chi connectivity index (χ0) is 14.5. The molecule has 0 spiro atoms. The molecule has 2 atom stereocenters. The van der Waals surface area contributed by atoms with Crippen LogP contribution in [0.1, 0.15) is 76.7 Å². The van der Waals surface area contributed by atoms with Crippen LogP contribution in [0.2, 0.25) is 0 Å². The number of unbranched alkanes of at least 4 members (excludes halogenated alkanes) is 4. The third-order valence-corrected chi connectivity index (χ3v) is 5.52. The highest BCUT2D eigenvalue weighted by atomic mass is 15.2. The lowest BCUT2D eigenvalue weighted by molar-refractivity contribution is 0.337. The first-order chi connectivity index (χ1) is 10.4. The summed E-state index contributed by atoms with van der Waals surface area (Å²) < 4.78 is 0. The van der Waals surface area contributed by atoms with Gasteiger partial charge in [0.15, 0.2) is 0 Å². The van der Waals surface area contributed by atoms with Crippen LogP contribution in [0, 0.1) is 0 Å². The van der Waals surface area contributed by atoms with Gasteiger partial charge in [0.1, 0.15) is 0 Å². The quantitative estimate of drug-likeness (QED) is 0.604. The van der Waals surface area contributed by atoms with Gasteiger partial charge in [-0.1, -0.05) is 57.2 Å². The average Bonchev–Trinajstić information content (AvgIpc) is 2.54. The molecule has 0 unspecified atom stereocenters. The normalized spacial score (nSPS) is 24.5. The van der Waals surface area contributed by atoms with Gasteiger partial charge in [-0.3, -0.25) is 0 Å². The monoisotopic (exact) mass is 285 g/mol. The Kier molecular flexibility index (Phi) is 5.22. The molecule has 116 valence electrons. The van der Waals surface area contributed by atoms with Crippen molar-refractivity contribution in [2.75, 3.05) is 4.90 Å². The van der Waals surface area contributed by atoms with E-state index in [0.29, 0.717) is 0 Å². The Morgan fingerprint density at radius 1 is 1.00 bits per heavy atom. The second-order valence-electron chi connectivity index (χ2n) is 7.02. The van der Waals surface area contributed by atoms with Gasteiger partial charge >= 0.3 is 0 Å². The predicted molar refractivity (Wildman–Crippen MR) is 92.0 cm³/mol. The largest absolute Gasteiger partial charge is 0.365 e. The number of fused-ring (bicyclic) bond motifs is 3. The zero-order valence-electron chi connectivity index (χ0n) is 13.7. The van der Waals surface area contributed by atoms with Crippen molar-refractivity contribution in [1.82, 2.24) is 0 Å². The molecule has 0 saturated carbocycles. The summed E-state index contributed by atoms with van der Waals surface area (Å²) in [6.45, 7) is 2.30. The fourth-order valence-corrected chi connectivity index (χ4v) is 4.41. The molecule has 1 saturated heterocycles. The zero-order valence-corrected chi connectivity index (χ0v) is 13.7. The summed E-state index contributed by atoms with van der Waals surface area (Å²) in [5.74, 6) is 0. The standard InChI is InChI=1S/C20H31N/c1-2-3-4-5-6-11-18-12-9-13-19-16-15-17-10-7-8-14-20(17)21(18)19/h7-8,10,14,18-19H,2-6,9,11-13,15-16H2,1H3/t18-,19-/m1/s1. The molecule has 21 heavy (non-hydrogen) atoms. The van der Waals surface area contributed by atoms with Crippen LogP contribution in [0.15, 0.2) is 24.3 Å². The Labute approximate surface area is 130 Å². The maximum atomic E-state index is 2.82. The maximum absolute atomic E-state index is 2.82. The lowest BCUT2D eigenvalue weighted by atomic mass is 9.84. The highest BCUT2D eigenvalue weighted by Gasteiger charge is 2.33. The fraction of sp³-hybridized carbons (Fsp3) is 0.700. The molecule has 1 fully saturated rings. The number of nitrogens with zero attached hydrogens (tertiary/aromatic N) is 1. The van der Waals surface area contributed by atoms with Crippen molar-refractivity contribution in [3.63, 3.8) is 0 Å². The van der Waals surface area contributed by atoms with Gasteiger partial charge in [0.05, 0.1) is 0 Å². The van der Waals surface area contributed by atoms with Crippen molar-refractivity contribution in [3.05, 3.63) is 29.8 Å². The molecule has 1 heteroatoms. The first kappa shape index (κ1) is 14.9. The van der Waals surface area contributed by atoms with Gasteiger partial charge in [-0.25, -0.2) is 0 Å². The first-order valence-electron chi connectivity index (χ1n) is 9.26. The van der Waals surface area contributed by atoms with E-state index < -0.39 is 0 Å². The molecular weight excluding hydrogens is 254 g/mol. The maximum Gasteiger partial charge on any atom is 0.0403 e. The van der Waals surface area contributed by atoms with Gasteiger partial charge in [-0.2, -0.15) is 0 Å². The van der Waals surface area contributed by atoms with Gasteiger partial charge < -0.3 is 4.90 Å². The molecule has 0 N–H and O–H groups in total. The molecule has 1 aromatic rings. The molecule has 1 nitrogen and oxygen atoms in total. The average molecular weight is 285 g/mol. The second kappa shape index (κ2) is 7.33. The van der Waals surface area contributed by atoms with Crippen LogP contribution in [-0.2, 0) is 6.42 Å². The molecule has 2 aliphatic rings. The summed E-state index contributed by atoms with van der Waals surface area (Å²) in [5.41, 5.74) is 3.15. The van der Waals surface area contributed by atoms with E-state index in [1.807, 2.05) is 0 Å². The van der Waals surface area contributed by atoms with E-state index in [4.69, 9.17) is 0 Å². The van der Waals surface area contributed by atoms with Crippen LogP contribution in [0.5, 0.6) is 0 Å². The van der Waals surface area contributed by atoms with Gasteiger partial charge in [-0.15, -0.1) is 0 Å². The molecule has 3 rings (SSSR count). The molecule has 0 aromatic heterocycles. The van der Waals surface area contributed by atoms with Crippen LogP contribution in [0.3, 0.4) is 0 Å². The van der Waals surface area contributed by atoms with E-state index >= 15 is 0 Å². The minimum absolute atomic E-state index is 0.812. The molecule has 2 heterocycles. The van der Waals surface area contributed by atoms with Crippen molar-refractivity contribution < 1.29 is 0 Å². The van der Waals surface area contributed by atoms with E-state index in [1.165, 1.54) is 70.6 Å².